The van der Waals surface area contributed by atoms with Crippen molar-refractivity contribution in [1.82, 2.24) is 20.0 Å². The molecule has 31 heavy (non-hydrogen) atoms. The van der Waals surface area contributed by atoms with Crippen molar-refractivity contribution in [3.05, 3.63) is 65.6 Å². The summed E-state index contributed by atoms with van der Waals surface area (Å²) in [6, 6.07) is 15.2. The molecule has 0 bridgehead atoms. The minimum Gasteiger partial charge on any atom is -0.372 e. The van der Waals surface area contributed by atoms with E-state index in [2.05, 4.69) is 77.2 Å². The smallest absolute Gasteiger partial charge is 0.192 e. The fraction of sp³-hybridized carbons (Fsp3) is 0.417. The van der Waals surface area contributed by atoms with Gasteiger partial charge in [-0.2, -0.15) is 0 Å². The van der Waals surface area contributed by atoms with E-state index < -0.39 is 0 Å². The summed E-state index contributed by atoms with van der Waals surface area (Å²) in [4.78, 5) is 11.9. The van der Waals surface area contributed by atoms with Crippen molar-refractivity contribution < 1.29 is 0 Å². The van der Waals surface area contributed by atoms with Crippen molar-refractivity contribution in [1.29, 1.82) is 0 Å². The average molecular weight is 532 g/mol. The molecule has 1 atom stereocenters. The van der Waals surface area contributed by atoms with Crippen LogP contribution < -0.4 is 15.5 Å². The van der Waals surface area contributed by atoms with Crippen LogP contribution in [0.5, 0.6) is 0 Å². The molecule has 1 aliphatic rings. The van der Waals surface area contributed by atoms with Gasteiger partial charge in [-0.1, -0.05) is 18.2 Å². The Morgan fingerprint density at radius 3 is 2.68 bits per heavy atom. The van der Waals surface area contributed by atoms with Crippen LogP contribution in [-0.2, 0) is 6.54 Å². The molecule has 7 heteroatoms. The largest absolute Gasteiger partial charge is 0.372 e. The van der Waals surface area contributed by atoms with Crippen LogP contribution in [0.1, 0.15) is 49.7 Å². The third-order valence-electron chi connectivity index (χ3n) is 5.68. The molecule has 0 amide bonds. The number of halogens is 1. The molecule has 4 rings (SSSR count). The van der Waals surface area contributed by atoms with Gasteiger partial charge in [-0.15, -0.1) is 24.0 Å². The molecule has 1 saturated heterocycles. The Morgan fingerprint density at radius 1 is 1.16 bits per heavy atom. The number of nitrogens with zero attached hydrogens (tertiary/aromatic N) is 4. The Bertz CT molecular complexity index is 1020. The molecule has 0 saturated carbocycles. The highest BCUT2D eigenvalue weighted by Gasteiger charge is 2.14. The van der Waals surface area contributed by atoms with Crippen molar-refractivity contribution in [2.24, 2.45) is 4.99 Å². The summed E-state index contributed by atoms with van der Waals surface area (Å²) < 4.78 is 2.11. The Hall–Kier alpha value is -2.29. The van der Waals surface area contributed by atoms with E-state index in [1.54, 1.807) is 0 Å². The molecule has 3 aromatic rings. The van der Waals surface area contributed by atoms with Gasteiger partial charge in [0.25, 0.3) is 0 Å². The molecule has 2 aromatic heterocycles. The summed E-state index contributed by atoms with van der Waals surface area (Å²) in [7, 11) is 0. The van der Waals surface area contributed by atoms with Crippen LogP contribution in [0.25, 0.3) is 5.65 Å². The van der Waals surface area contributed by atoms with Gasteiger partial charge in [-0.25, -0.2) is 9.98 Å². The fourth-order valence-corrected chi connectivity index (χ4v) is 4.01. The first-order valence-electron chi connectivity index (χ1n) is 11.0. The van der Waals surface area contributed by atoms with E-state index in [-0.39, 0.29) is 30.0 Å². The summed E-state index contributed by atoms with van der Waals surface area (Å²) in [5.74, 6) is 0.811. The van der Waals surface area contributed by atoms with E-state index in [9.17, 15) is 0 Å². The van der Waals surface area contributed by atoms with Gasteiger partial charge in [-0.05, 0) is 63.4 Å². The molecule has 1 unspecified atom stereocenters. The fourth-order valence-electron chi connectivity index (χ4n) is 4.01. The molecule has 1 fully saturated rings. The number of aryl methyl sites for hydroxylation is 1. The Morgan fingerprint density at radius 2 is 1.94 bits per heavy atom. The minimum absolute atomic E-state index is 0. The lowest BCUT2D eigenvalue weighted by atomic mass is 10.1. The number of pyridine rings is 1. The van der Waals surface area contributed by atoms with Gasteiger partial charge in [0.2, 0.25) is 0 Å². The number of benzene rings is 1. The first-order chi connectivity index (χ1) is 14.6. The third kappa shape index (κ3) is 5.70. The summed E-state index contributed by atoms with van der Waals surface area (Å²) in [6.07, 6.45) is 4.65. The molecule has 2 N–H and O–H groups in total. The lowest BCUT2D eigenvalue weighted by Crippen LogP contribution is -2.38. The quantitative estimate of drug-likeness (QED) is 0.275. The minimum atomic E-state index is 0. The maximum atomic E-state index is 4.78. The number of hydrogen-bond donors (Lipinski definition) is 2. The van der Waals surface area contributed by atoms with Gasteiger partial charge in [0.15, 0.2) is 5.96 Å². The van der Waals surface area contributed by atoms with Crippen LogP contribution in [0, 0.1) is 6.92 Å². The van der Waals surface area contributed by atoms with Crippen LogP contribution in [-0.4, -0.2) is 35.0 Å². The van der Waals surface area contributed by atoms with Crippen LogP contribution in [0.4, 0.5) is 5.69 Å². The Labute approximate surface area is 202 Å². The predicted molar refractivity (Wildman–Crippen MR) is 140 cm³/mol. The van der Waals surface area contributed by atoms with Crippen LogP contribution in [0.2, 0.25) is 0 Å². The molecule has 1 aliphatic heterocycles. The third-order valence-corrected chi connectivity index (χ3v) is 5.68. The summed E-state index contributed by atoms with van der Waals surface area (Å²) in [6.45, 7) is 10.0. The van der Waals surface area contributed by atoms with Crippen LogP contribution in [0.3, 0.4) is 0 Å². The van der Waals surface area contributed by atoms with Crippen molar-refractivity contribution in [2.75, 3.05) is 24.5 Å². The maximum Gasteiger partial charge on any atom is 0.192 e. The molecule has 1 aromatic carbocycles. The van der Waals surface area contributed by atoms with Crippen molar-refractivity contribution in [3.63, 3.8) is 0 Å². The van der Waals surface area contributed by atoms with E-state index in [4.69, 9.17) is 9.98 Å². The molecule has 0 spiro atoms. The van der Waals surface area contributed by atoms with Crippen molar-refractivity contribution >= 4 is 41.3 Å². The normalized spacial score (nSPS) is 15.1. The molecular weight excluding hydrogens is 499 g/mol. The Kier molecular flexibility index (Phi) is 8.17. The lowest BCUT2D eigenvalue weighted by Gasteiger charge is -2.22. The highest BCUT2D eigenvalue weighted by atomic mass is 127. The van der Waals surface area contributed by atoms with E-state index in [1.165, 1.54) is 29.8 Å². The van der Waals surface area contributed by atoms with E-state index in [0.29, 0.717) is 6.54 Å². The van der Waals surface area contributed by atoms with Gasteiger partial charge in [0.05, 0.1) is 18.3 Å². The zero-order valence-corrected chi connectivity index (χ0v) is 21.0. The number of imidazole rings is 1. The number of fused-ring (bicyclic) bond motifs is 1. The van der Waals surface area contributed by atoms with Crippen LogP contribution >= 0.6 is 24.0 Å². The van der Waals surface area contributed by atoms with Gasteiger partial charge < -0.3 is 19.9 Å². The second-order valence-corrected chi connectivity index (χ2v) is 7.98. The van der Waals surface area contributed by atoms with E-state index in [1.807, 2.05) is 12.1 Å². The number of rotatable bonds is 6. The van der Waals surface area contributed by atoms with Gasteiger partial charge in [0, 0.05) is 37.2 Å². The highest BCUT2D eigenvalue weighted by Crippen LogP contribution is 2.24. The van der Waals surface area contributed by atoms with Gasteiger partial charge >= 0.3 is 0 Å². The number of hydrogen-bond acceptors (Lipinski definition) is 3. The lowest BCUT2D eigenvalue weighted by molar-refractivity contribution is 0.685. The standard InChI is InChI=1S/C24H32N6.HI/c1-4-25-24(26-16-21-17-30-18(2)9-7-12-23(30)28-21)27-19(3)20-10-8-11-22(15-20)29-13-5-6-14-29;/h7-12,15,17,19H,4-6,13-14,16H2,1-3H3,(H2,25,26,27);1H. The number of guanidine groups is 1. The number of aromatic nitrogens is 2. The van der Waals surface area contributed by atoms with E-state index >= 15 is 0 Å². The first-order valence-corrected chi connectivity index (χ1v) is 11.0. The number of nitrogens with one attached hydrogen (secondary N) is 2. The second kappa shape index (κ2) is 10.8. The summed E-state index contributed by atoms with van der Waals surface area (Å²) >= 11 is 0. The number of anilines is 1. The molecule has 3 heterocycles. The monoisotopic (exact) mass is 532 g/mol. The number of aliphatic imine (C=N–C) groups is 1. The summed E-state index contributed by atoms with van der Waals surface area (Å²) in [5, 5.41) is 6.92. The molecule has 166 valence electrons. The zero-order valence-electron chi connectivity index (χ0n) is 18.6. The molecule has 0 aliphatic carbocycles. The SMILES string of the molecule is CCNC(=NCc1cn2c(C)cccc2n1)NC(C)c1cccc(N2CCCC2)c1.I. The second-order valence-electron chi connectivity index (χ2n) is 7.98. The topological polar surface area (TPSA) is 57.0 Å². The van der Waals surface area contributed by atoms with Gasteiger partial charge in [0.1, 0.15) is 5.65 Å². The molecule has 6 nitrogen and oxygen atoms in total. The van der Waals surface area contributed by atoms with Crippen molar-refractivity contribution in [2.45, 2.75) is 46.2 Å². The molecular formula is C24H33IN6. The summed E-state index contributed by atoms with van der Waals surface area (Å²) in [5.41, 5.74) is 5.69. The molecule has 0 radical (unpaired) electrons. The van der Waals surface area contributed by atoms with E-state index in [0.717, 1.165) is 36.9 Å². The van der Waals surface area contributed by atoms with Gasteiger partial charge in [-0.3, -0.25) is 0 Å². The van der Waals surface area contributed by atoms with Crippen molar-refractivity contribution in [3.8, 4) is 0 Å². The predicted octanol–water partition coefficient (Wildman–Crippen LogP) is 4.68. The maximum absolute atomic E-state index is 4.78. The average Bonchev–Trinajstić information content (AvgIpc) is 3.43. The highest BCUT2D eigenvalue weighted by molar-refractivity contribution is 14.0. The zero-order chi connectivity index (χ0) is 20.9. The Balaban J connectivity index is 0.00000272. The first kappa shape index (κ1) is 23.4. The van der Waals surface area contributed by atoms with Crippen LogP contribution in [0.15, 0.2) is 53.7 Å².